The summed E-state index contributed by atoms with van der Waals surface area (Å²) in [6.07, 6.45) is 1.38. The van der Waals surface area contributed by atoms with E-state index in [0.29, 0.717) is 16.9 Å². The summed E-state index contributed by atoms with van der Waals surface area (Å²) >= 11 is 0. The van der Waals surface area contributed by atoms with Gasteiger partial charge in [0, 0.05) is 12.6 Å². The van der Waals surface area contributed by atoms with E-state index in [2.05, 4.69) is 10.4 Å². The minimum absolute atomic E-state index is 0.0539. The topological polar surface area (TPSA) is 90.9 Å². The summed E-state index contributed by atoms with van der Waals surface area (Å²) in [7, 11) is 1.63. The van der Waals surface area contributed by atoms with E-state index in [4.69, 9.17) is 5.26 Å². The van der Waals surface area contributed by atoms with Crippen LogP contribution >= 0.6 is 0 Å². The normalized spacial score (nSPS) is 9.95. The van der Waals surface area contributed by atoms with Crippen molar-refractivity contribution < 1.29 is 9.90 Å². The van der Waals surface area contributed by atoms with E-state index in [0.717, 1.165) is 0 Å². The number of nitrogens with zero attached hydrogens (tertiary/aromatic N) is 3. The molecule has 0 aliphatic rings. The maximum absolute atomic E-state index is 12.0. The number of amides is 1. The van der Waals surface area contributed by atoms with Gasteiger partial charge in [0.2, 0.25) is 0 Å². The molecule has 0 saturated carbocycles. The van der Waals surface area contributed by atoms with Crippen molar-refractivity contribution in [1.82, 2.24) is 9.78 Å². The number of phenols is 1. The van der Waals surface area contributed by atoms with E-state index in [1.165, 1.54) is 16.9 Å². The fourth-order valence-electron chi connectivity index (χ4n) is 1.60. The summed E-state index contributed by atoms with van der Waals surface area (Å²) in [5.74, 6) is -0.0267. The van der Waals surface area contributed by atoms with Crippen LogP contribution < -0.4 is 5.32 Å². The number of hydrogen-bond acceptors (Lipinski definition) is 4. The molecule has 0 aliphatic carbocycles. The fourth-order valence-corrected chi connectivity index (χ4v) is 1.60. The van der Waals surface area contributed by atoms with Crippen LogP contribution in [0.5, 0.6) is 5.75 Å². The molecule has 2 aromatic rings. The molecule has 0 spiro atoms. The molecule has 0 fully saturated rings. The number of carbonyl (C=O) groups is 1. The van der Waals surface area contributed by atoms with E-state index < -0.39 is 5.91 Å². The van der Waals surface area contributed by atoms with Gasteiger partial charge in [-0.2, -0.15) is 10.4 Å². The Kier molecular flexibility index (Phi) is 3.21. The molecule has 19 heavy (non-hydrogen) atoms. The lowest BCUT2D eigenvalue weighted by Gasteiger charge is -2.07. The standard InChI is InChI=1S/C13H12N4O2/c1-8-3-4-9(5-11(8)18)13(19)16-12-10(6-14)7-15-17(12)2/h3-5,7,18H,1-2H3,(H,16,19). The van der Waals surface area contributed by atoms with E-state index in [1.807, 2.05) is 6.07 Å². The van der Waals surface area contributed by atoms with Gasteiger partial charge in [0.1, 0.15) is 23.2 Å². The SMILES string of the molecule is Cc1ccc(C(=O)Nc2c(C#N)cnn2C)cc1O. The Morgan fingerprint density at radius 3 is 2.89 bits per heavy atom. The molecule has 1 aromatic heterocycles. The highest BCUT2D eigenvalue weighted by molar-refractivity contribution is 6.04. The smallest absolute Gasteiger partial charge is 0.256 e. The highest BCUT2D eigenvalue weighted by Crippen LogP contribution is 2.19. The number of aromatic hydroxyl groups is 1. The first-order valence-corrected chi connectivity index (χ1v) is 5.56. The lowest BCUT2D eigenvalue weighted by Crippen LogP contribution is -2.15. The predicted molar refractivity (Wildman–Crippen MR) is 68.7 cm³/mol. The van der Waals surface area contributed by atoms with Gasteiger partial charge in [-0.1, -0.05) is 6.07 Å². The minimum Gasteiger partial charge on any atom is -0.508 e. The third-order valence-electron chi connectivity index (χ3n) is 2.76. The van der Waals surface area contributed by atoms with Crippen molar-refractivity contribution in [2.45, 2.75) is 6.92 Å². The Morgan fingerprint density at radius 2 is 2.26 bits per heavy atom. The minimum atomic E-state index is -0.407. The molecule has 0 bridgehead atoms. The molecule has 0 radical (unpaired) electrons. The van der Waals surface area contributed by atoms with Crippen molar-refractivity contribution in [3.05, 3.63) is 41.1 Å². The van der Waals surface area contributed by atoms with E-state index in [9.17, 15) is 9.90 Å². The molecule has 96 valence electrons. The number of nitrogens with one attached hydrogen (secondary N) is 1. The summed E-state index contributed by atoms with van der Waals surface area (Å²) in [6.45, 7) is 1.74. The average Bonchev–Trinajstić information content (AvgIpc) is 2.74. The van der Waals surface area contributed by atoms with E-state index >= 15 is 0 Å². The largest absolute Gasteiger partial charge is 0.508 e. The lowest BCUT2D eigenvalue weighted by atomic mass is 10.1. The first-order valence-electron chi connectivity index (χ1n) is 5.56. The van der Waals surface area contributed by atoms with Crippen LogP contribution in [-0.4, -0.2) is 20.8 Å². The highest BCUT2D eigenvalue weighted by atomic mass is 16.3. The zero-order valence-corrected chi connectivity index (χ0v) is 10.5. The van der Waals surface area contributed by atoms with E-state index in [1.54, 1.807) is 26.1 Å². The maximum Gasteiger partial charge on any atom is 0.256 e. The predicted octanol–water partition coefficient (Wildman–Crippen LogP) is 1.56. The Balaban J connectivity index is 2.28. The average molecular weight is 256 g/mol. The molecule has 1 heterocycles. The van der Waals surface area contributed by atoms with Crippen LogP contribution in [0.2, 0.25) is 0 Å². The van der Waals surface area contributed by atoms with Gasteiger partial charge in [-0.25, -0.2) is 0 Å². The summed E-state index contributed by atoms with van der Waals surface area (Å²) in [5, 5.41) is 25.0. The summed E-state index contributed by atoms with van der Waals surface area (Å²) in [6, 6.07) is 6.58. The first-order chi connectivity index (χ1) is 9.02. The second-order valence-corrected chi connectivity index (χ2v) is 4.10. The van der Waals surface area contributed by atoms with Crippen LogP contribution in [0.1, 0.15) is 21.5 Å². The molecule has 0 aliphatic heterocycles. The van der Waals surface area contributed by atoms with Gasteiger partial charge in [-0.05, 0) is 24.6 Å². The van der Waals surface area contributed by atoms with Gasteiger partial charge in [0.25, 0.3) is 5.91 Å². The van der Waals surface area contributed by atoms with Crippen molar-refractivity contribution in [1.29, 1.82) is 5.26 Å². The Bertz CT molecular complexity index is 682. The molecule has 1 aromatic carbocycles. The van der Waals surface area contributed by atoms with Crippen molar-refractivity contribution in [3.8, 4) is 11.8 Å². The van der Waals surface area contributed by atoms with Crippen molar-refractivity contribution >= 4 is 11.7 Å². The number of aromatic nitrogens is 2. The van der Waals surface area contributed by atoms with Gasteiger partial charge in [0.15, 0.2) is 0 Å². The van der Waals surface area contributed by atoms with Crippen LogP contribution in [0.3, 0.4) is 0 Å². The second-order valence-electron chi connectivity index (χ2n) is 4.10. The van der Waals surface area contributed by atoms with Crippen LogP contribution in [0.25, 0.3) is 0 Å². The lowest BCUT2D eigenvalue weighted by molar-refractivity contribution is 0.102. The van der Waals surface area contributed by atoms with Crippen molar-refractivity contribution in [2.75, 3.05) is 5.32 Å². The number of benzene rings is 1. The van der Waals surface area contributed by atoms with Crippen LogP contribution in [0.15, 0.2) is 24.4 Å². The molecule has 2 N–H and O–H groups in total. The zero-order valence-electron chi connectivity index (χ0n) is 10.5. The number of hydrogen-bond donors (Lipinski definition) is 2. The monoisotopic (exact) mass is 256 g/mol. The molecule has 1 amide bonds. The third kappa shape index (κ3) is 2.40. The number of aryl methyl sites for hydroxylation is 2. The highest BCUT2D eigenvalue weighted by Gasteiger charge is 2.13. The quantitative estimate of drug-likeness (QED) is 0.853. The summed E-state index contributed by atoms with van der Waals surface area (Å²) < 4.78 is 1.41. The molecule has 6 heteroatoms. The van der Waals surface area contributed by atoms with Gasteiger partial charge < -0.3 is 10.4 Å². The first kappa shape index (κ1) is 12.6. The van der Waals surface area contributed by atoms with Gasteiger partial charge >= 0.3 is 0 Å². The number of carbonyl (C=O) groups excluding carboxylic acids is 1. The fraction of sp³-hybridized carbons (Fsp3) is 0.154. The number of anilines is 1. The van der Waals surface area contributed by atoms with Crippen LogP contribution in [0.4, 0.5) is 5.82 Å². The summed E-state index contributed by atoms with van der Waals surface area (Å²) in [4.78, 5) is 12.0. The molecule has 6 nitrogen and oxygen atoms in total. The van der Waals surface area contributed by atoms with Crippen LogP contribution in [0, 0.1) is 18.3 Å². The van der Waals surface area contributed by atoms with E-state index in [-0.39, 0.29) is 11.3 Å². The molecule has 0 atom stereocenters. The molecule has 2 rings (SSSR count). The Hall–Kier alpha value is -2.81. The van der Waals surface area contributed by atoms with Gasteiger partial charge in [-0.3, -0.25) is 9.48 Å². The zero-order chi connectivity index (χ0) is 14.0. The number of phenolic OH excluding ortho intramolecular Hbond substituents is 1. The second kappa shape index (κ2) is 4.82. The van der Waals surface area contributed by atoms with Crippen LogP contribution in [-0.2, 0) is 7.05 Å². The molecule has 0 saturated heterocycles. The molecule has 0 unspecified atom stereocenters. The Labute approximate surface area is 109 Å². The molecular weight excluding hydrogens is 244 g/mol. The third-order valence-corrected chi connectivity index (χ3v) is 2.76. The number of nitriles is 1. The number of rotatable bonds is 2. The van der Waals surface area contributed by atoms with Crippen molar-refractivity contribution in [3.63, 3.8) is 0 Å². The van der Waals surface area contributed by atoms with Crippen molar-refractivity contribution in [2.24, 2.45) is 7.05 Å². The van der Waals surface area contributed by atoms with Gasteiger partial charge in [-0.15, -0.1) is 0 Å². The summed E-state index contributed by atoms with van der Waals surface area (Å²) in [5.41, 5.74) is 1.29. The molecular formula is C13H12N4O2. The maximum atomic E-state index is 12.0. The Morgan fingerprint density at radius 1 is 1.53 bits per heavy atom. The van der Waals surface area contributed by atoms with Gasteiger partial charge in [0.05, 0.1) is 6.20 Å².